The summed E-state index contributed by atoms with van der Waals surface area (Å²) < 4.78 is 37.0. The fourth-order valence-corrected chi connectivity index (χ4v) is 5.03. The number of ether oxygens (including phenoxy) is 2. The Bertz CT molecular complexity index is 1190. The summed E-state index contributed by atoms with van der Waals surface area (Å²) in [5.74, 6) is -1.41. The van der Waals surface area contributed by atoms with Gasteiger partial charge >= 0.3 is 5.97 Å². The SMILES string of the molecule is COc1ccc(-c2ccccc2)cc1CS(=O)(=O)c1cc(C(=O)O)cc(Cl)c1OC. The topological polar surface area (TPSA) is 89.9 Å². The molecule has 0 unspecified atom stereocenters. The van der Waals surface area contributed by atoms with Crippen molar-refractivity contribution in [3.8, 4) is 22.6 Å². The number of hydrogen-bond donors (Lipinski definition) is 1. The maximum absolute atomic E-state index is 13.2. The number of rotatable bonds is 7. The van der Waals surface area contributed by atoms with E-state index in [1.807, 2.05) is 36.4 Å². The summed E-state index contributed by atoms with van der Waals surface area (Å²) in [5.41, 5.74) is 1.93. The molecule has 3 aromatic rings. The average molecular weight is 447 g/mol. The first-order valence-corrected chi connectivity index (χ1v) is 10.9. The van der Waals surface area contributed by atoms with Crippen LogP contribution in [0.25, 0.3) is 11.1 Å². The number of carboxylic acid groups (broad SMARTS) is 1. The number of halogens is 1. The highest BCUT2D eigenvalue weighted by molar-refractivity contribution is 7.90. The van der Waals surface area contributed by atoms with Crippen molar-refractivity contribution < 1.29 is 27.8 Å². The van der Waals surface area contributed by atoms with Gasteiger partial charge in [-0.3, -0.25) is 0 Å². The Hall–Kier alpha value is -3.03. The molecule has 30 heavy (non-hydrogen) atoms. The third kappa shape index (κ3) is 4.42. The summed E-state index contributed by atoms with van der Waals surface area (Å²) >= 11 is 6.07. The van der Waals surface area contributed by atoms with Crippen LogP contribution < -0.4 is 9.47 Å². The minimum atomic E-state index is -4.02. The lowest BCUT2D eigenvalue weighted by atomic mass is 10.0. The fraction of sp³-hybridized carbons (Fsp3) is 0.136. The van der Waals surface area contributed by atoms with Crippen LogP contribution in [0.4, 0.5) is 0 Å². The zero-order chi connectivity index (χ0) is 21.9. The van der Waals surface area contributed by atoms with Gasteiger partial charge in [0, 0.05) is 5.56 Å². The van der Waals surface area contributed by atoms with Crippen LogP contribution in [0.15, 0.2) is 65.6 Å². The minimum absolute atomic E-state index is 0.0963. The molecule has 0 spiro atoms. The van der Waals surface area contributed by atoms with E-state index in [1.165, 1.54) is 14.2 Å². The first kappa shape index (κ1) is 21.7. The average Bonchev–Trinajstić information content (AvgIpc) is 2.73. The van der Waals surface area contributed by atoms with Crippen LogP contribution in [0.2, 0.25) is 5.02 Å². The van der Waals surface area contributed by atoms with Crippen LogP contribution in [0.1, 0.15) is 15.9 Å². The molecule has 0 amide bonds. The predicted molar refractivity (Wildman–Crippen MR) is 114 cm³/mol. The molecule has 0 aliphatic carbocycles. The van der Waals surface area contributed by atoms with Crippen molar-refractivity contribution in [3.63, 3.8) is 0 Å². The Morgan fingerprint density at radius 1 is 0.967 bits per heavy atom. The van der Waals surface area contributed by atoms with Gasteiger partial charge in [-0.1, -0.05) is 48.0 Å². The molecule has 0 heterocycles. The van der Waals surface area contributed by atoms with Gasteiger partial charge in [0.1, 0.15) is 10.6 Å². The third-order valence-electron chi connectivity index (χ3n) is 4.53. The van der Waals surface area contributed by atoms with E-state index in [4.69, 9.17) is 21.1 Å². The molecule has 156 valence electrons. The van der Waals surface area contributed by atoms with Gasteiger partial charge in [0.2, 0.25) is 0 Å². The van der Waals surface area contributed by atoms with Crippen molar-refractivity contribution in [1.82, 2.24) is 0 Å². The molecule has 0 aromatic heterocycles. The minimum Gasteiger partial charge on any atom is -0.496 e. The van der Waals surface area contributed by atoms with Crippen molar-refractivity contribution in [2.75, 3.05) is 14.2 Å². The number of carbonyl (C=O) groups is 1. The normalized spacial score (nSPS) is 11.2. The fourth-order valence-electron chi connectivity index (χ4n) is 3.10. The van der Waals surface area contributed by atoms with Crippen molar-refractivity contribution in [2.24, 2.45) is 0 Å². The Morgan fingerprint density at radius 2 is 1.67 bits per heavy atom. The molecule has 0 atom stereocenters. The summed E-state index contributed by atoms with van der Waals surface area (Å²) in [7, 11) is -1.29. The molecular formula is C22H19ClO6S. The number of methoxy groups -OCH3 is 2. The van der Waals surface area contributed by atoms with Gasteiger partial charge in [0.15, 0.2) is 15.6 Å². The van der Waals surface area contributed by atoms with Gasteiger partial charge in [-0.05, 0) is 35.4 Å². The lowest BCUT2D eigenvalue weighted by Gasteiger charge is -2.15. The molecule has 6 nitrogen and oxygen atoms in total. The summed E-state index contributed by atoms with van der Waals surface area (Å²) in [5, 5.41) is 9.19. The second-order valence-electron chi connectivity index (χ2n) is 6.45. The number of hydrogen-bond acceptors (Lipinski definition) is 5. The van der Waals surface area contributed by atoms with Crippen molar-refractivity contribution in [3.05, 3.63) is 76.8 Å². The van der Waals surface area contributed by atoms with Crippen LogP contribution >= 0.6 is 11.6 Å². The Labute approximate surface area is 179 Å². The zero-order valence-electron chi connectivity index (χ0n) is 16.3. The van der Waals surface area contributed by atoms with Gasteiger partial charge < -0.3 is 14.6 Å². The number of carboxylic acids is 1. The second kappa shape index (κ2) is 8.77. The maximum atomic E-state index is 13.2. The highest BCUT2D eigenvalue weighted by Crippen LogP contribution is 2.37. The standard InChI is InChI=1S/C22H19ClO6S/c1-28-19-9-8-15(14-6-4-3-5-7-14)10-17(19)13-30(26,27)20-12-16(22(24)25)11-18(23)21(20)29-2/h3-12H,13H2,1-2H3,(H,24,25). The Balaban J connectivity index is 2.11. The van der Waals surface area contributed by atoms with Crippen LogP contribution in [-0.4, -0.2) is 33.7 Å². The van der Waals surface area contributed by atoms with Crippen molar-refractivity contribution in [2.45, 2.75) is 10.6 Å². The van der Waals surface area contributed by atoms with Crippen molar-refractivity contribution >= 4 is 27.4 Å². The lowest BCUT2D eigenvalue weighted by Crippen LogP contribution is -2.10. The van der Waals surface area contributed by atoms with Crippen molar-refractivity contribution in [1.29, 1.82) is 0 Å². The second-order valence-corrected chi connectivity index (χ2v) is 8.81. The summed E-state index contributed by atoms with van der Waals surface area (Å²) in [4.78, 5) is 11.1. The molecule has 0 saturated carbocycles. The van der Waals surface area contributed by atoms with E-state index in [-0.39, 0.29) is 21.2 Å². The molecule has 0 saturated heterocycles. The molecule has 0 aliphatic heterocycles. The predicted octanol–water partition coefficient (Wildman–Crippen LogP) is 4.70. The molecule has 0 radical (unpaired) electrons. The van der Waals surface area contributed by atoms with Gasteiger partial charge in [0.25, 0.3) is 0 Å². The molecule has 3 aromatic carbocycles. The third-order valence-corrected chi connectivity index (χ3v) is 6.47. The summed E-state index contributed by atoms with van der Waals surface area (Å²) in [6, 6.07) is 17.0. The van der Waals surface area contributed by atoms with E-state index >= 15 is 0 Å². The Kier molecular flexibility index (Phi) is 6.34. The molecular weight excluding hydrogens is 428 g/mol. The Morgan fingerprint density at radius 3 is 2.27 bits per heavy atom. The van der Waals surface area contributed by atoms with Gasteiger partial charge in [0.05, 0.1) is 30.6 Å². The van der Waals surface area contributed by atoms with E-state index in [1.54, 1.807) is 12.1 Å². The van der Waals surface area contributed by atoms with E-state index in [0.29, 0.717) is 11.3 Å². The molecule has 1 N–H and O–H groups in total. The molecule has 0 bridgehead atoms. The van der Waals surface area contributed by atoms with Gasteiger partial charge in [-0.15, -0.1) is 0 Å². The molecule has 0 aliphatic rings. The molecule has 3 rings (SSSR count). The summed E-state index contributed by atoms with van der Waals surface area (Å²) in [6.07, 6.45) is 0. The van der Waals surface area contributed by atoms with Gasteiger partial charge in [-0.2, -0.15) is 0 Å². The zero-order valence-corrected chi connectivity index (χ0v) is 17.8. The summed E-state index contributed by atoms with van der Waals surface area (Å²) in [6.45, 7) is 0. The lowest BCUT2D eigenvalue weighted by molar-refractivity contribution is 0.0696. The molecule has 8 heteroatoms. The van der Waals surface area contributed by atoms with Crippen LogP contribution in [0.3, 0.4) is 0 Å². The highest BCUT2D eigenvalue weighted by atomic mass is 35.5. The number of sulfone groups is 1. The van der Waals surface area contributed by atoms with Crippen LogP contribution in [0.5, 0.6) is 11.5 Å². The smallest absolute Gasteiger partial charge is 0.335 e. The van der Waals surface area contributed by atoms with E-state index in [2.05, 4.69) is 0 Å². The largest absolute Gasteiger partial charge is 0.496 e. The van der Waals surface area contributed by atoms with E-state index in [0.717, 1.165) is 23.3 Å². The number of aromatic carboxylic acids is 1. The van der Waals surface area contributed by atoms with Crippen LogP contribution in [-0.2, 0) is 15.6 Å². The van der Waals surface area contributed by atoms with E-state index < -0.39 is 21.6 Å². The van der Waals surface area contributed by atoms with Gasteiger partial charge in [-0.25, -0.2) is 13.2 Å². The monoisotopic (exact) mass is 446 g/mol. The number of benzene rings is 3. The quantitative estimate of drug-likeness (QED) is 0.566. The molecule has 0 fully saturated rings. The maximum Gasteiger partial charge on any atom is 0.335 e. The highest BCUT2D eigenvalue weighted by Gasteiger charge is 2.26. The first-order valence-electron chi connectivity index (χ1n) is 8.82. The van der Waals surface area contributed by atoms with Crippen LogP contribution in [0, 0.1) is 0 Å². The first-order chi connectivity index (χ1) is 14.3. The van der Waals surface area contributed by atoms with E-state index in [9.17, 15) is 18.3 Å².